The van der Waals surface area contributed by atoms with Gasteiger partial charge in [-0.25, -0.2) is 0 Å². The average Bonchev–Trinajstić information content (AvgIpc) is 3.02. The summed E-state index contributed by atoms with van der Waals surface area (Å²) in [6, 6.07) is 6.01. The molecule has 0 bridgehead atoms. The van der Waals surface area contributed by atoms with Gasteiger partial charge in [-0.1, -0.05) is 17.7 Å². The van der Waals surface area contributed by atoms with Gasteiger partial charge in [-0.15, -0.1) is 0 Å². The maximum Gasteiger partial charge on any atom is 0.137 e. The summed E-state index contributed by atoms with van der Waals surface area (Å²) in [4.78, 5) is 0. The van der Waals surface area contributed by atoms with Crippen LogP contribution in [0.2, 0.25) is 5.02 Å². The molecule has 0 saturated heterocycles. The van der Waals surface area contributed by atoms with E-state index in [0.29, 0.717) is 18.2 Å². The number of ether oxygens (including phenoxy) is 1. The van der Waals surface area contributed by atoms with Gasteiger partial charge in [0.1, 0.15) is 5.75 Å². The Hall–Kier alpha value is -0.730. The molecule has 1 aromatic carbocycles. The van der Waals surface area contributed by atoms with Crippen molar-refractivity contribution in [2.24, 2.45) is 5.73 Å². The summed E-state index contributed by atoms with van der Waals surface area (Å²) in [5.41, 5.74) is 7.22. The van der Waals surface area contributed by atoms with Crippen LogP contribution in [0.1, 0.15) is 25.3 Å². The minimum absolute atomic E-state index is 0.203. The predicted octanol–water partition coefficient (Wildman–Crippen LogP) is 2.73. The van der Waals surface area contributed by atoms with E-state index in [-0.39, 0.29) is 5.41 Å². The molecule has 0 aliphatic heterocycles. The fraction of sp³-hybridized carbons (Fsp3) is 0.500. The lowest BCUT2D eigenvalue weighted by atomic mass is 9.96. The molecule has 0 heterocycles. The number of nitrogens with two attached hydrogens (primary N) is 1. The number of hydrogen-bond acceptors (Lipinski definition) is 2. The molecule has 2 nitrogen and oxygen atoms in total. The highest BCUT2D eigenvalue weighted by atomic mass is 35.5. The van der Waals surface area contributed by atoms with E-state index in [9.17, 15) is 0 Å². The van der Waals surface area contributed by atoms with Crippen molar-refractivity contribution in [2.75, 3.05) is 13.2 Å². The van der Waals surface area contributed by atoms with Crippen molar-refractivity contribution in [3.05, 3.63) is 28.8 Å². The zero-order chi connectivity index (χ0) is 10.9. The molecule has 3 heteroatoms. The fourth-order valence-electron chi connectivity index (χ4n) is 1.86. The van der Waals surface area contributed by atoms with E-state index in [2.05, 4.69) is 6.07 Å². The summed E-state index contributed by atoms with van der Waals surface area (Å²) in [6.07, 6.45) is 2.35. The lowest BCUT2D eigenvalue weighted by molar-refractivity contribution is 0.340. The van der Waals surface area contributed by atoms with Gasteiger partial charge in [0.2, 0.25) is 0 Å². The molecule has 0 radical (unpaired) electrons. The molecule has 15 heavy (non-hydrogen) atoms. The predicted molar refractivity (Wildman–Crippen MR) is 62.6 cm³/mol. The first-order valence-electron chi connectivity index (χ1n) is 5.35. The van der Waals surface area contributed by atoms with E-state index in [1.54, 1.807) is 0 Å². The zero-order valence-corrected chi connectivity index (χ0v) is 9.68. The van der Waals surface area contributed by atoms with Gasteiger partial charge >= 0.3 is 0 Å². The van der Waals surface area contributed by atoms with E-state index in [4.69, 9.17) is 22.1 Å². The Kier molecular flexibility index (Phi) is 2.89. The SMILES string of the molecule is CCOc1ccc(C2(CN)CC2)cc1Cl. The number of hydrogen-bond donors (Lipinski definition) is 1. The van der Waals surface area contributed by atoms with Crippen LogP contribution < -0.4 is 10.5 Å². The van der Waals surface area contributed by atoms with E-state index in [1.165, 1.54) is 18.4 Å². The molecule has 1 saturated carbocycles. The highest BCUT2D eigenvalue weighted by molar-refractivity contribution is 6.32. The van der Waals surface area contributed by atoms with Crippen molar-refractivity contribution in [1.29, 1.82) is 0 Å². The Morgan fingerprint density at radius 1 is 1.47 bits per heavy atom. The van der Waals surface area contributed by atoms with Crippen LogP contribution in [0.25, 0.3) is 0 Å². The molecule has 2 N–H and O–H groups in total. The molecule has 0 aromatic heterocycles. The standard InChI is InChI=1S/C12H16ClNO/c1-2-15-11-4-3-9(7-10(11)13)12(8-14)5-6-12/h3-4,7H,2,5-6,8,14H2,1H3. The molecule has 2 rings (SSSR count). The van der Waals surface area contributed by atoms with Gasteiger partial charge in [0.15, 0.2) is 0 Å². The molecular formula is C12H16ClNO. The number of benzene rings is 1. The summed E-state index contributed by atoms with van der Waals surface area (Å²) in [5, 5.41) is 0.689. The van der Waals surface area contributed by atoms with E-state index >= 15 is 0 Å². The lowest BCUT2D eigenvalue weighted by Crippen LogP contribution is -2.19. The molecule has 0 unspecified atom stereocenters. The van der Waals surface area contributed by atoms with Crippen LogP contribution in [0.4, 0.5) is 0 Å². The average molecular weight is 226 g/mol. The van der Waals surface area contributed by atoms with E-state index in [0.717, 1.165) is 5.75 Å². The fourth-order valence-corrected chi connectivity index (χ4v) is 2.10. The van der Waals surface area contributed by atoms with Gasteiger partial charge < -0.3 is 10.5 Å². The quantitative estimate of drug-likeness (QED) is 0.855. The van der Waals surface area contributed by atoms with E-state index < -0.39 is 0 Å². The molecule has 0 amide bonds. The summed E-state index contributed by atoms with van der Waals surface area (Å²) in [5.74, 6) is 0.760. The highest BCUT2D eigenvalue weighted by Gasteiger charge is 2.42. The van der Waals surface area contributed by atoms with Crippen LogP contribution in [-0.4, -0.2) is 13.2 Å². The maximum atomic E-state index is 6.13. The Morgan fingerprint density at radius 3 is 2.67 bits per heavy atom. The first-order chi connectivity index (χ1) is 7.22. The van der Waals surface area contributed by atoms with Gasteiger partial charge in [-0.2, -0.15) is 0 Å². The minimum Gasteiger partial charge on any atom is -0.492 e. The molecule has 1 aliphatic carbocycles. The largest absolute Gasteiger partial charge is 0.492 e. The molecular weight excluding hydrogens is 210 g/mol. The molecule has 0 atom stereocenters. The third-order valence-corrected chi connectivity index (χ3v) is 3.38. The second-order valence-electron chi connectivity index (χ2n) is 4.06. The van der Waals surface area contributed by atoms with Gasteiger partial charge in [0, 0.05) is 12.0 Å². The van der Waals surface area contributed by atoms with E-state index in [1.807, 2.05) is 19.1 Å². The van der Waals surface area contributed by atoms with Crippen LogP contribution >= 0.6 is 11.6 Å². The van der Waals surface area contributed by atoms with Crippen molar-refractivity contribution < 1.29 is 4.74 Å². The van der Waals surface area contributed by atoms with Crippen LogP contribution in [0.5, 0.6) is 5.75 Å². The Bertz CT molecular complexity index is 361. The monoisotopic (exact) mass is 225 g/mol. The van der Waals surface area contributed by atoms with Gasteiger partial charge in [-0.3, -0.25) is 0 Å². The van der Waals surface area contributed by atoms with Gasteiger partial charge in [0.05, 0.1) is 11.6 Å². The zero-order valence-electron chi connectivity index (χ0n) is 8.92. The normalized spacial score (nSPS) is 17.5. The first-order valence-corrected chi connectivity index (χ1v) is 5.72. The number of rotatable bonds is 4. The highest BCUT2D eigenvalue weighted by Crippen LogP contribution is 2.48. The third-order valence-electron chi connectivity index (χ3n) is 3.09. The second kappa shape index (κ2) is 4.03. The minimum atomic E-state index is 0.203. The van der Waals surface area contributed by atoms with Crippen molar-refractivity contribution in [3.63, 3.8) is 0 Å². The van der Waals surface area contributed by atoms with Crippen LogP contribution in [-0.2, 0) is 5.41 Å². The van der Waals surface area contributed by atoms with Gasteiger partial charge in [0.25, 0.3) is 0 Å². The van der Waals surface area contributed by atoms with Crippen molar-refractivity contribution in [2.45, 2.75) is 25.2 Å². The Labute approximate surface area is 95.4 Å². The Balaban J connectivity index is 2.25. The maximum absolute atomic E-state index is 6.13. The van der Waals surface area contributed by atoms with Crippen molar-refractivity contribution >= 4 is 11.6 Å². The lowest BCUT2D eigenvalue weighted by Gasteiger charge is -2.14. The molecule has 82 valence electrons. The van der Waals surface area contributed by atoms with Crippen LogP contribution in [0, 0.1) is 0 Å². The van der Waals surface area contributed by atoms with Crippen molar-refractivity contribution in [3.8, 4) is 5.75 Å². The summed E-state index contributed by atoms with van der Waals surface area (Å²) < 4.78 is 5.40. The molecule has 1 aliphatic rings. The molecule has 1 fully saturated rings. The topological polar surface area (TPSA) is 35.2 Å². The molecule has 1 aromatic rings. The van der Waals surface area contributed by atoms with Crippen LogP contribution in [0.15, 0.2) is 18.2 Å². The first kappa shape index (κ1) is 10.8. The third kappa shape index (κ3) is 1.97. The number of halogens is 1. The summed E-state index contributed by atoms with van der Waals surface area (Å²) in [7, 11) is 0. The summed E-state index contributed by atoms with van der Waals surface area (Å²) in [6.45, 7) is 3.30. The molecule has 0 spiro atoms. The smallest absolute Gasteiger partial charge is 0.137 e. The van der Waals surface area contributed by atoms with Crippen molar-refractivity contribution in [1.82, 2.24) is 0 Å². The summed E-state index contributed by atoms with van der Waals surface area (Å²) >= 11 is 6.13. The Morgan fingerprint density at radius 2 is 2.20 bits per heavy atom. The van der Waals surface area contributed by atoms with Gasteiger partial charge in [-0.05, 0) is 37.5 Å². The second-order valence-corrected chi connectivity index (χ2v) is 4.47. The van der Waals surface area contributed by atoms with Crippen LogP contribution in [0.3, 0.4) is 0 Å².